The molecule has 1 aromatic rings. The standard InChI is InChI=1S/C14H21BrN2O2/c1-10-9-11(5-6-12(10)15)13(14(18)19-4)16-7-8-17(2)3/h5-6,9,13,16H,7-8H2,1-4H3. The number of nitrogens with one attached hydrogen (secondary N) is 1. The first kappa shape index (κ1) is 16.1. The summed E-state index contributed by atoms with van der Waals surface area (Å²) in [6.45, 7) is 3.59. The van der Waals surface area contributed by atoms with E-state index in [0.717, 1.165) is 28.7 Å². The third-order valence-corrected chi connectivity index (χ3v) is 3.75. The van der Waals surface area contributed by atoms with E-state index in [4.69, 9.17) is 4.74 Å². The molecule has 19 heavy (non-hydrogen) atoms. The van der Waals surface area contributed by atoms with Crippen LogP contribution < -0.4 is 5.32 Å². The molecular weight excluding hydrogens is 308 g/mol. The van der Waals surface area contributed by atoms with Crippen molar-refractivity contribution in [1.82, 2.24) is 10.2 Å². The number of carbonyl (C=O) groups excluding carboxylic acids is 1. The van der Waals surface area contributed by atoms with E-state index in [0.29, 0.717) is 0 Å². The zero-order valence-corrected chi connectivity index (χ0v) is 13.5. The maximum atomic E-state index is 11.9. The minimum absolute atomic E-state index is 0.263. The first-order valence-electron chi connectivity index (χ1n) is 6.17. The fraction of sp³-hybridized carbons (Fsp3) is 0.500. The minimum Gasteiger partial charge on any atom is -0.468 e. The summed E-state index contributed by atoms with van der Waals surface area (Å²) in [7, 11) is 5.41. The number of methoxy groups -OCH3 is 1. The molecule has 0 saturated heterocycles. The Morgan fingerprint density at radius 2 is 2.16 bits per heavy atom. The van der Waals surface area contributed by atoms with Gasteiger partial charge in [-0.15, -0.1) is 0 Å². The number of nitrogens with zero attached hydrogens (tertiary/aromatic N) is 1. The second kappa shape index (κ2) is 7.62. The number of rotatable bonds is 6. The molecule has 0 heterocycles. The van der Waals surface area contributed by atoms with E-state index >= 15 is 0 Å². The highest BCUT2D eigenvalue weighted by Gasteiger charge is 2.21. The van der Waals surface area contributed by atoms with Crippen molar-refractivity contribution in [1.29, 1.82) is 0 Å². The van der Waals surface area contributed by atoms with Crippen molar-refractivity contribution in [3.63, 3.8) is 0 Å². The zero-order chi connectivity index (χ0) is 14.4. The maximum Gasteiger partial charge on any atom is 0.327 e. The highest BCUT2D eigenvalue weighted by Crippen LogP contribution is 2.22. The summed E-state index contributed by atoms with van der Waals surface area (Å²) in [5.74, 6) is -0.263. The zero-order valence-electron chi connectivity index (χ0n) is 11.9. The lowest BCUT2D eigenvalue weighted by molar-refractivity contribution is -0.143. The van der Waals surface area contributed by atoms with Crippen LogP contribution in [-0.4, -0.2) is 45.2 Å². The van der Waals surface area contributed by atoms with Gasteiger partial charge in [0.1, 0.15) is 6.04 Å². The number of halogens is 1. The van der Waals surface area contributed by atoms with Gasteiger partial charge in [0.25, 0.3) is 0 Å². The first-order valence-corrected chi connectivity index (χ1v) is 6.97. The van der Waals surface area contributed by atoms with Crippen molar-refractivity contribution >= 4 is 21.9 Å². The van der Waals surface area contributed by atoms with Crippen LogP contribution in [0.25, 0.3) is 0 Å². The Morgan fingerprint density at radius 3 is 2.68 bits per heavy atom. The van der Waals surface area contributed by atoms with Gasteiger partial charge in [-0.25, -0.2) is 4.79 Å². The molecule has 0 aromatic heterocycles. The van der Waals surface area contributed by atoms with E-state index in [2.05, 4.69) is 26.1 Å². The SMILES string of the molecule is COC(=O)C(NCCN(C)C)c1ccc(Br)c(C)c1. The second-order valence-corrected chi connectivity index (χ2v) is 5.58. The molecule has 4 nitrogen and oxygen atoms in total. The molecule has 106 valence electrons. The molecule has 0 radical (unpaired) electrons. The fourth-order valence-corrected chi connectivity index (χ4v) is 1.98. The average molecular weight is 329 g/mol. The quantitative estimate of drug-likeness (QED) is 0.812. The molecule has 0 aliphatic carbocycles. The molecule has 0 bridgehead atoms. The summed E-state index contributed by atoms with van der Waals surface area (Å²) in [4.78, 5) is 13.9. The molecule has 1 atom stereocenters. The van der Waals surface area contributed by atoms with Crippen LogP contribution in [0.15, 0.2) is 22.7 Å². The smallest absolute Gasteiger partial charge is 0.327 e. The van der Waals surface area contributed by atoms with Gasteiger partial charge >= 0.3 is 5.97 Å². The molecule has 0 saturated carbocycles. The van der Waals surface area contributed by atoms with E-state index in [9.17, 15) is 4.79 Å². The Bertz CT molecular complexity index is 435. The van der Waals surface area contributed by atoms with Crippen LogP contribution in [0.2, 0.25) is 0 Å². The Labute approximate surface area is 123 Å². The van der Waals surface area contributed by atoms with Crippen LogP contribution in [0.3, 0.4) is 0 Å². The molecule has 5 heteroatoms. The van der Waals surface area contributed by atoms with Gasteiger partial charge in [-0.3, -0.25) is 5.32 Å². The Balaban J connectivity index is 2.83. The number of esters is 1. The van der Waals surface area contributed by atoms with E-state index in [1.54, 1.807) is 0 Å². The lowest BCUT2D eigenvalue weighted by Crippen LogP contribution is -2.34. The van der Waals surface area contributed by atoms with Crippen molar-refractivity contribution in [2.24, 2.45) is 0 Å². The molecule has 0 spiro atoms. The Morgan fingerprint density at radius 1 is 1.47 bits per heavy atom. The van der Waals surface area contributed by atoms with Gasteiger partial charge in [-0.2, -0.15) is 0 Å². The monoisotopic (exact) mass is 328 g/mol. The summed E-state index contributed by atoms with van der Waals surface area (Å²) >= 11 is 3.46. The van der Waals surface area contributed by atoms with E-state index < -0.39 is 6.04 Å². The number of carbonyl (C=O) groups is 1. The molecule has 0 aliphatic rings. The van der Waals surface area contributed by atoms with Crippen molar-refractivity contribution in [2.75, 3.05) is 34.3 Å². The van der Waals surface area contributed by atoms with Gasteiger partial charge < -0.3 is 9.64 Å². The number of ether oxygens (including phenoxy) is 1. The molecule has 1 N–H and O–H groups in total. The van der Waals surface area contributed by atoms with Crippen LogP contribution in [0.4, 0.5) is 0 Å². The number of hydrogen-bond donors (Lipinski definition) is 1. The predicted octanol–water partition coefficient (Wildman–Crippen LogP) is 2.12. The highest BCUT2D eigenvalue weighted by atomic mass is 79.9. The fourth-order valence-electron chi connectivity index (χ4n) is 1.74. The molecule has 0 amide bonds. The van der Waals surface area contributed by atoms with E-state index in [1.807, 2.05) is 39.2 Å². The van der Waals surface area contributed by atoms with Crippen LogP contribution >= 0.6 is 15.9 Å². The van der Waals surface area contributed by atoms with Gasteiger partial charge in [0.2, 0.25) is 0 Å². The van der Waals surface area contributed by atoms with Crippen molar-refractivity contribution < 1.29 is 9.53 Å². The summed E-state index contributed by atoms with van der Waals surface area (Å²) in [6.07, 6.45) is 0. The summed E-state index contributed by atoms with van der Waals surface area (Å²) in [6, 6.07) is 5.46. The summed E-state index contributed by atoms with van der Waals surface area (Å²) in [5.41, 5.74) is 2.02. The van der Waals surface area contributed by atoms with Crippen LogP contribution in [-0.2, 0) is 9.53 Å². The lowest BCUT2D eigenvalue weighted by Gasteiger charge is -2.19. The first-order chi connectivity index (χ1) is 8.95. The molecule has 1 rings (SSSR count). The third-order valence-electron chi connectivity index (χ3n) is 2.86. The van der Waals surface area contributed by atoms with Gasteiger partial charge in [0.05, 0.1) is 7.11 Å². The Hall–Kier alpha value is -0.910. The minimum atomic E-state index is -0.420. The second-order valence-electron chi connectivity index (χ2n) is 4.72. The van der Waals surface area contributed by atoms with Gasteiger partial charge in [0, 0.05) is 17.6 Å². The molecule has 0 aliphatic heterocycles. The van der Waals surface area contributed by atoms with Crippen LogP contribution in [0.5, 0.6) is 0 Å². The summed E-state index contributed by atoms with van der Waals surface area (Å²) in [5, 5.41) is 3.23. The topological polar surface area (TPSA) is 41.6 Å². The molecular formula is C14H21BrN2O2. The maximum absolute atomic E-state index is 11.9. The lowest BCUT2D eigenvalue weighted by atomic mass is 10.0. The average Bonchev–Trinajstić information content (AvgIpc) is 2.37. The Kier molecular flexibility index (Phi) is 6.48. The third kappa shape index (κ3) is 4.93. The van der Waals surface area contributed by atoms with E-state index in [1.165, 1.54) is 7.11 Å². The molecule has 0 fully saturated rings. The largest absolute Gasteiger partial charge is 0.468 e. The van der Waals surface area contributed by atoms with Gasteiger partial charge in [-0.05, 0) is 38.2 Å². The highest BCUT2D eigenvalue weighted by molar-refractivity contribution is 9.10. The van der Waals surface area contributed by atoms with Crippen molar-refractivity contribution in [2.45, 2.75) is 13.0 Å². The van der Waals surface area contributed by atoms with Crippen LogP contribution in [0, 0.1) is 6.92 Å². The number of likely N-dealkylation sites (N-methyl/N-ethyl adjacent to an activating group) is 1. The van der Waals surface area contributed by atoms with E-state index in [-0.39, 0.29) is 5.97 Å². The number of hydrogen-bond acceptors (Lipinski definition) is 4. The van der Waals surface area contributed by atoms with Gasteiger partial charge in [-0.1, -0.05) is 28.1 Å². The number of benzene rings is 1. The van der Waals surface area contributed by atoms with Crippen molar-refractivity contribution in [3.8, 4) is 0 Å². The molecule has 1 aromatic carbocycles. The normalized spacial score (nSPS) is 12.5. The number of aryl methyl sites for hydroxylation is 1. The van der Waals surface area contributed by atoms with Gasteiger partial charge in [0.15, 0.2) is 0 Å². The van der Waals surface area contributed by atoms with Crippen molar-refractivity contribution in [3.05, 3.63) is 33.8 Å². The summed E-state index contributed by atoms with van der Waals surface area (Å²) < 4.78 is 5.90. The predicted molar refractivity (Wildman–Crippen MR) is 80.2 cm³/mol. The van der Waals surface area contributed by atoms with Crippen LogP contribution in [0.1, 0.15) is 17.2 Å². The molecule has 1 unspecified atom stereocenters.